The number of esters is 1. The number of ketones is 1. The van der Waals surface area contributed by atoms with E-state index in [1.165, 1.54) is 14.2 Å². The number of hydrogen-bond donors (Lipinski definition) is 2. The third kappa shape index (κ3) is 5.54. The van der Waals surface area contributed by atoms with Crippen LogP contribution in [-0.4, -0.2) is 56.9 Å². The lowest BCUT2D eigenvalue weighted by Gasteiger charge is -2.18. The Kier molecular flexibility index (Phi) is 8.07. The predicted octanol–water partition coefficient (Wildman–Crippen LogP) is 0.790. The summed E-state index contributed by atoms with van der Waals surface area (Å²) >= 11 is 0. The van der Waals surface area contributed by atoms with Crippen molar-refractivity contribution in [3.05, 3.63) is 23.8 Å². The number of hydrogen-bond acceptors (Lipinski definition) is 7. The Morgan fingerprint density at radius 2 is 2.00 bits per heavy atom. The van der Waals surface area contributed by atoms with Crippen molar-refractivity contribution in [2.24, 2.45) is 0 Å². The van der Waals surface area contributed by atoms with Crippen LogP contribution in [0.5, 0.6) is 11.5 Å². The summed E-state index contributed by atoms with van der Waals surface area (Å²) in [6.07, 6.45) is -0.123. The smallest absolute Gasteiger partial charge is 0.307 e. The molecule has 0 aromatic heterocycles. The number of aliphatic hydroxyl groups is 1. The van der Waals surface area contributed by atoms with Gasteiger partial charge in [-0.1, -0.05) is 0 Å². The lowest BCUT2D eigenvalue weighted by atomic mass is 10.00. The Morgan fingerprint density at radius 1 is 1.26 bits per heavy atom. The molecule has 0 fully saturated rings. The Hall–Kier alpha value is -2.12. The van der Waals surface area contributed by atoms with E-state index in [1.807, 2.05) is 0 Å². The third-order valence-corrected chi connectivity index (χ3v) is 3.17. The zero-order valence-electron chi connectivity index (χ0n) is 13.6. The van der Waals surface area contributed by atoms with Crippen LogP contribution in [-0.2, 0) is 9.53 Å². The standard InChI is InChI=1S/C16H23NO6/c1-4-23-15(19)10-13(17-7-8-18)16(20)12-6-5-11(21-2)9-14(12)22-3/h5-6,9,13,17-18H,4,7-8,10H2,1-3H3. The van der Waals surface area contributed by atoms with E-state index in [4.69, 9.17) is 19.3 Å². The van der Waals surface area contributed by atoms with Crippen molar-refractivity contribution in [2.45, 2.75) is 19.4 Å². The van der Waals surface area contributed by atoms with E-state index < -0.39 is 12.0 Å². The van der Waals surface area contributed by atoms with Crippen LogP contribution >= 0.6 is 0 Å². The number of carbonyl (C=O) groups excluding carboxylic acids is 2. The Balaban J connectivity index is 3.00. The minimum Gasteiger partial charge on any atom is -0.497 e. The first-order valence-electron chi connectivity index (χ1n) is 7.33. The molecule has 23 heavy (non-hydrogen) atoms. The number of Topliss-reactive ketones (excluding diaryl/α,β-unsaturated/α-hetero) is 1. The summed E-state index contributed by atoms with van der Waals surface area (Å²) in [6.45, 7) is 1.98. The van der Waals surface area contributed by atoms with E-state index in [2.05, 4.69) is 5.32 Å². The normalized spacial score (nSPS) is 11.7. The highest BCUT2D eigenvalue weighted by atomic mass is 16.5. The summed E-state index contributed by atoms with van der Waals surface area (Å²) in [7, 11) is 2.97. The van der Waals surface area contributed by atoms with Gasteiger partial charge in [0.2, 0.25) is 0 Å². The molecule has 0 amide bonds. The molecule has 7 heteroatoms. The molecule has 0 aliphatic rings. The van der Waals surface area contributed by atoms with Crippen LogP contribution in [0.25, 0.3) is 0 Å². The molecule has 0 aliphatic carbocycles. The quantitative estimate of drug-likeness (QED) is 0.485. The van der Waals surface area contributed by atoms with Crippen LogP contribution in [0.4, 0.5) is 0 Å². The second-order valence-corrected chi connectivity index (χ2v) is 4.67. The maximum atomic E-state index is 12.7. The zero-order valence-corrected chi connectivity index (χ0v) is 13.6. The van der Waals surface area contributed by atoms with E-state index in [1.54, 1.807) is 25.1 Å². The molecule has 0 aliphatic heterocycles. The fourth-order valence-electron chi connectivity index (χ4n) is 2.07. The molecule has 7 nitrogen and oxygen atoms in total. The molecule has 0 spiro atoms. The first-order chi connectivity index (χ1) is 11.1. The number of benzene rings is 1. The number of carbonyl (C=O) groups is 2. The van der Waals surface area contributed by atoms with E-state index in [9.17, 15) is 9.59 Å². The highest BCUT2D eigenvalue weighted by molar-refractivity contribution is 6.04. The molecule has 1 rings (SSSR count). The summed E-state index contributed by atoms with van der Waals surface area (Å²) < 4.78 is 15.2. The molecular weight excluding hydrogens is 302 g/mol. The van der Waals surface area contributed by atoms with E-state index >= 15 is 0 Å². The number of methoxy groups -OCH3 is 2. The predicted molar refractivity (Wildman–Crippen MR) is 84.0 cm³/mol. The molecule has 0 saturated carbocycles. The van der Waals surface area contributed by atoms with Gasteiger partial charge in [-0.25, -0.2) is 0 Å². The van der Waals surface area contributed by atoms with Crippen molar-refractivity contribution in [1.82, 2.24) is 5.32 Å². The van der Waals surface area contributed by atoms with Crippen LogP contribution < -0.4 is 14.8 Å². The SMILES string of the molecule is CCOC(=O)CC(NCCO)C(=O)c1ccc(OC)cc1OC. The average Bonchev–Trinajstić information content (AvgIpc) is 2.57. The molecule has 1 aromatic carbocycles. The molecule has 2 N–H and O–H groups in total. The summed E-state index contributed by atoms with van der Waals surface area (Å²) in [5.41, 5.74) is 0.327. The van der Waals surface area contributed by atoms with Crippen LogP contribution in [0.15, 0.2) is 18.2 Å². The number of aliphatic hydroxyl groups excluding tert-OH is 1. The fraction of sp³-hybridized carbons (Fsp3) is 0.500. The van der Waals surface area contributed by atoms with Crippen LogP contribution in [0.1, 0.15) is 23.7 Å². The maximum absolute atomic E-state index is 12.7. The fourth-order valence-corrected chi connectivity index (χ4v) is 2.07. The molecule has 128 valence electrons. The van der Waals surface area contributed by atoms with Gasteiger partial charge < -0.3 is 24.6 Å². The second-order valence-electron chi connectivity index (χ2n) is 4.67. The molecule has 0 saturated heterocycles. The molecule has 1 unspecified atom stereocenters. The van der Waals surface area contributed by atoms with Crippen molar-refractivity contribution in [3.63, 3.8) is 0 Å². The third-order valence-electron chi connectivity index (χ3n) is 3.17. The van der Waals surface area contributed by atoms with Crippen LogP contribution in [0.2, 0.25) is 0 Å². The van der Waals surface area contributed by atoms with Crippen molar-refractivity contribution in [1.29, 1.82) is 0 Å². The highest BCUT2D eigenvalue weighted by Gasteiger charge is 2.26. The van der Waals surface area contributed by atoms with E-state index in [0.717, 1.165) is 0 Å². The summed E-state index contributed by atoms with van der Waals surface area (Å²) in [4.78, 5) is 24.4. The van der Waals surface area contributed by atoms with Gasteiger partial charge in [0, 0.05) is 12.6 Å². The van der Waals surface area contributed by atoms with Crippen molar-refractivity contribution in [2.75, 3.05) is 34.0 Å². The maximum Gasteiger partial charge on any atom is 0.307 e. The van der Waals surface area contributed by atoms with Gasteiger partial charge in [-0.05, 0) is 19.1 Å². The first kappa shape index (κ1) is 18.9. The summed E-state index contributed by atoms with van der Waals surface area (Å²) in [5, 5.41) is 11.8. The van der Waals surface area contributed by atoms with Gasteiger partial charge in [0.05, 0.1) is 45.5 Å². The van der Waals surface area contributed by atoms with Gasteiger partial charge >= 0.3 is 5.97 Å². The van der Waals surface area contributed by atoms with Gasteiger partial charge in [-0.15, -0.1) is 0 Å². The van der Waals surface area contributed by atoms with Gasteiger partial charge in [0.1, 0.15) is 11.5 Å². The van der Waals surface area contributed by atoms with Crippen LogP contribution in [0.3, 0.4) is 0 Å². The Bertz CT molecular complexity index is 531. The van der Waals surface area contributed by atoms with Gasteiger partial charge in [-0.2, -0.15) is 0 Å². The molecule has 0 heterocycles. The number of nitrogens with one attached hydrogen (secondary N) is 1. The lowest BCUT2D eigenvalue weighted by Crippen LogP contribution is -2.40. The molecular formula is C16H23NO6. The largest absolute Gasteiger partial charge is 0.497 e. The average molecular weight is 325 g/mol. The zero-order chi connectivity index (χ0) is 17.2. The Labute approximate surface area is 135 Å². The summed E-state index contributed by atoms with van der Waals surface area (Å²) in [6, 6.07) is 4.02. The Morgan fingerprint density at radius 3 is 2.57 bits per heavy atom. The number of ether oxygens (including phenoxy) is 3. The van der Waals surface area contributed by atoms with Crippen molar-refractivity contribution in [3.8, 4) is 11.5 Å². The van der Waals surface area contributed by atoms with Gasteiger partial charge in [0.15, 0.2) is 5.78 Å². The second kappa shape index (κ2) is 9.81. The van der Waals surface area contributed by atoms with E-state index in [0.29, 0.717) is 17.1 Å². The number of rotatable bonds is 10. The van der Waals surface area contributed by atoms with E-state index in [-0.39, 0.29) is 32.0 Å². The minimum absolute atomic E-state index is 0.123. The van der Waals surface area contributed by atoms with Gasteiger partial charge in [0.25, 0.3) is 0 Å². The first-order valence-corrected chi connectivity index (χ1v) is 7.33. The van der Waals surface area contributed by atoms with Crippen molar-refractivity contribution < 1.29 is 28.9 Å². The topological polar surface area (TPSA) is 94.1 Å². The van der Waals surface area contributed by atoms with Crippen molar-refractivity contribution >= 4 is 11.8 Å². The highest BCUT2D eigenvalue weighted by Crippen LogP contribution is 2.26. The minimum atomic E-state index is -0.802. The van der Waals surface area contributed by atoms with Crippen LogP contribution in [0, 0.1) is 0 Å². The molecule has 0 radical (unpaired) electrons. The molecule has 1 aromatic rings. The van der Waals surface area contributed by atoms with Gasteiger partial charge in [-0.3, -0.25) is 9.59 Å². The monoisotopic (exact) mass is 325 g/mol. The molecule has 0 bridgehead atoms. The lowest BCUT2D eigenvalue weighted by molar-refractivity contribution is -0.143. The summed E-state index contributed by atoms with van der Waals surface area (Å²) in [5.74, 6) is 0.118. The molecule has 1 atom stereocenters.